The van der Waals surface area contributed by atoms with Crippen LogP contribution in [0.15, 0.2) is 97.2 Å². The number of esters is 3. The maximum Gasteiger partial charge on any atom is 0.306 e. The van der Waals surface area contributed by atoms with Crippen LogP contribution in [0.3, 0.4) is 0 Å². The van der Waals surface area contributed by atoms with Crippen molar-refractivity contribution < 1.29 is 28.6 Å². The third-order valence-electron chi connectivity index (χ3n) is 10.6. The van der Waals surface area contributed by atoms with Crippen molar-refractivity contribution in [3.63, 3.8) is 0 Å². The van der Waals surface area contributed by atoms with Gasteiger partial charge in [0.1, 0.15) is 13.2 Å². The van der Waals surface area contributed by atoms with Crippen molar-refractivity contribution in [3.05, 3.63) is 97.2 Å². The predicted octanol–water partition coefficient (Wildman–Crippen LogP) is 17.0. The van der Waals surface area contributed by atoms with Gasteiger partial charge in [0, 0.05) is 19.3 Å². The molecule has 0 bridgehead atoms. The zero-order chi connectivity index (χ0) is 45.8. The molecule has 1 atom stereocenters. The highest BCUT2D eigenvalue weighted by molar-refractivity contribution is 5.71. The molecule has 0 aromatic heterocycles. The monoisotopic (exact) mass is 875 g/mol. The highest BCUT2D eigenvalue weighted by atomic mass is 16.6. The number of hydrogen-bond donors (Lipinski definition) is 0. The third kappa shape index (κ3) is 49.2. The number of hydrogen-bond acceptors (Lipinski definition) is 6. The molecule has 0 aromatic carbocycles. The Morgan fingerprint density at radius 3 is 1.10 bits per heavy atom. The van der Waals surface area contributed by atoms with Gasteiger partial charge in [0.15, 0.2) is 6.10 Å². The van der Waals surface area contributed by atoms with Crippen LogP contribution in [0.5, 0.6) is 0 Å². The van der Waals surface area contributed by atoms with E-state index >= 15 is 0 Å². The van der Waals surface area contributed by atoms with Gasteiger partial charge in [-0.2, -0.15) is 0 Å². The minimum absolute atomic E-state index is 0.122. The van der Waals surface area contributed by atoms with Crippen molar-refractivity contribution in [1.82, 2.24) is 0 Å². The molecule has 0 saturated carbocycles. The van der Waals surface area contributed by atoms with Gasteiger partial charge in [-0.1, -0.05) is 221 Å². The van der Waals surface area contributed by atoms with Crippen molar-refractivity contribution in [2.75, 3.05) is 13.2 Å². The topological polar surface area (TPSA) is 78.9 Å². The average molecular weight is 875 g/mol. The Hall–Kier alpha value is -3.67. The van der Waals surface area contributed by atoms with Gasteiger partial charge in [0.2, 0.25) is 0 Å². The van der Waals surface area contributed by atoms with Crippen LogP contribution in [-0.4, -0.2) is 37.2 Å². The third-order valence-corrected chi connectivity index (χ3v) is 10.6. The fourth-order valence-electron chi connectivity index (χ4n) is 6.74. The quantitative estimate of drug-likeness (QED) is 0.0262. The lowest BCUT2D eigenvalue weighted by atomic mass is 10.0. The molecule has 0 heterocycles. The first kappa shape index (κ1) is 59.3. The molecule has 0 aliphatic carbocycles. The molecule has 0 spiro atoms. The van der Waals surface area contributed by atoms with Gasteiger partial charge in [0.05, 0.1) is 0 Å². The fraction of sp³-hybridized carbons (Fsp3) is 0.667. The summed E-state index contributed by atoms with van der Waals surface area (Å²) < 4.78 is 16.7. The van der Waals surface area contributed by atoms with E-state index in [4.69, 9.17) is 14.2 Å². The molecule has 0 aliphatic heterocycles. The summed E-state index contributed by atoms with van der Waals surface area (Å²) in [4.78, 5) is 37.9. The van der Waals surface area contributed by atoms with Gasteiger partial charge in [0.25, 0.3) is 0 Å². The van der Waals surface area contributed by atoms with Crippen LogP contribution in [0.1, 0.15) is 226 Å². The van der Waals surface area contributed by atoms with E-state index in [1.807, 2.05) is 12.2 Å². The lowest BCUT2D eigenvalue weighted by Crippen LogP contribution is -2.30. The Morgan fingerprint density at radius 1 is 0.333 bits per heavy atom. The molecule has 6 heteroatoms. The number of ether oxygens (including phenoxy) is 3. The van der Waals surface area contributed by atoms with Crippen LogP contribution in [0.2, 0.25) is 0 Å². The zero-order valence-corrected chi connectivity index (χ0v) is 40.8. The summed E-state index contributed by atoms with van der Waals surface area (Å²) in [5, 5.41) is 0. The van der Waals surface area contributed by atoms with E-state index in [1.165, 1.54) is 103 Å². The van der Waals surface area contributed by atoms with Crippen LogP contribution in [0, 0.1) is 0 Å². The maximum atomic E-state index is 12.8. The molecule has 0 fully saturated rings. The van der Waals surface area contributed by atoms with Crippen LogP contribution in [-0.2, 0) is 28.6 Å². The van der Waals surface area contributed by atoms with E-state index in [9.17, 15) is 14.4 Å². The van der Waals surface area contributed by atoms with Gasteiger partial charge < -0.3 is 14.2 Å². The fourth-order valence-corrected chi connectivity index (χ4v) is 6.74. The van der Waals surface area contributed by atoms with Crippen molar-refractivity contribution in [2.45, 2.75) is 232 Å². The second kappa shape index (κ2) is 51.0. The summed E-state index contributed by atoms with van der Waals surface area (Å²) in [5.74, 6) is -1.06. The van der Waals surface area contributed by atoms with Gasteiger partial charge in [-0.05, 0) is 83.5 Å². The smallest absolute Gasteiger partial charge is 0.306 e. The Bertz CT molecular complexity index is 1280. The van der Waals surface area contributed by atoms with Crippen molar-refractivity contribution >= 4 is 17.9 Å². The summed E-state index contributed by atoms with van der Waals surface area (Å²) in [6.07, 6.45) is 66.9. The Morgan fingerprint density at radius 2 is 0.667 bits per heavy atom. The second-order valence-corrected chi connectivity index (χ2v) is 16.7. The van der Waals surface area contributed by atoms with Crippen LogP contribution in [0.25, 0.3) is 0 Å². The van der Waals surface area contributed by atoms with Gasteiger partial charge >= 0.3 is 17.9 Å². The Kier molecular flexibility index (Phi) is 48.0. The lowest BCUT2D eigenvalue weighted by Gasteiger charge is -2.18. The number of rotatable bonds is 45. The highest BCUT2D eigenvalue weighted by Gasteiger charge is 2.19. The molecule has 0 aliphatic rings. The van der Waals surface area contributed by atoms with Crippen LogP contribution >= 0.6 is 0 Å². The lowest BCUT2D eigenvalue weighted by molar-refractivity contribution is -0.166. The van der Waals surface area contributed by atoms with Crippen molar-refractivity contribution in [2.24, 2.45) is 0 Å². The first-order valence-electron chi connectivity index (χ1n) is 25.7. The van der Waals surface area contributed by atoms with E-state index in [-0.39, 0.29) is 38.0 Å². The molecule has 0 amide bonds. The normalized spacial score (nSPS) is 12.9. The number of carbonyl (C=O) groups excluding carboxylic acids is 3. The van der Waals surface area contributed by atoms with Gasteiger partial charge in [-0.25, -0.2) is 0 Å². The summed E-state index contributed by atoms with van der Waals surface area (Å²) in [6, 6.07) is 0. The van der Waals surface area contributed by atoms with Crippen molar-refractivity contribution in [3.8, 4) is 0 Å². The van der Waals surface area contributed by atoms with E-state index < -0.39 is 12.1 Å². The molecule has 63 heavy (non-hydrogen) atoms. The molecular formula is C57H94O6. The molecule has 0 radical (unpaired) electrons. The minimum atomic E-state index is -0.835. The first-order chi connectivity index (χ1) is 31.0. The summed E-state index contributed by atoms with van der Waals surface area (Å²) in [7, 11) is 0. The minimum Gasteiger partial charge on any atom is -0.462 e. The van der Waals surface area contributed by atoms with Gasteiger partial charge in [-0.3, -0.25) is 14.4 Å². The summed E-state index contributed by atoms with van der Waals surface area (Å²) >= 11 is 0. The molecule has 0 aromatic rings. The highest BCUT2D eigenvalue weighted by Crippen LogP contribution is 2.14. The predicted molar refractivity (Wildman–Crippen MR) is 270 cm³/mol. The Balaban J connectivity index is 4.57. The largest absolute Gasteiger partial charge is 0.462 e. The maximum absolute atomic E-state index is 12.8. The summed E-state index contributed by atoms with van der Waals surface area (Å²) in [5.41, 5.74) is 0. The molecule has 0 saturated heterocycles. The Labute approximate surface area is 387 Å². The van der Waals surface area contributed by atoms with Crippen LogP contribution in [0.4, 0.5) is 0 Å². The van der Waals surface area contributed by atoms with E-state index in [1.54, 1.807) is 0 Å². The van der Waals surface area contributed by atoms with Crippen LogP contribution < -0.4 is 0 Å². The molecule has 358 valence electrons. The first-order valence-corrected chi connectivity index (χ1v) is 25.7. The summed E-state index contributed by atoms with van der Waals surface area (Å²) in [6.45, 7) is 6.40. The standard InChI is InChI=1S/C57H94O6/c1-4-7-10-13-16-19-22-25-27-29-31-32-35-38-41-44-47-50-56(59)62-53-54(52-61-55(58)49-46-43-40-37-34-24-21-18-15-12-9-6-3)63-57(60)51-48-45-42-39-36-33-30-28-26-23-20-17-14-11-8-5-2/h8,11,17,20,25-28,31-33,36,38,41-42,45,54H,4-7,9-10,12-16,18-19,21-24,29-30,34-35,37,39-40,43-44,46-53H2,1-3H3/b11-8-,20-17-,27-25-,28-26-,32-31-,36-33-,41-38-,45-42-. The van der Waals surface area contributed by atoms with Gasteiger partial charge in [-0.15, -0.1) is 0 Å². The SMILES string of the molecule is CC/C=C\C/C=C\C/C=C\C/C=C\C/C=C\CCC(=O)OC(COC(=O)CCC/C=C\C/C=C\C/C=C\CCCCCCCC)COC(=O)CCCCCCCCCCCCCC. The molecular weight excluding hydrogens is 781 g/mol. The number of allylic oxidation sites excluding steroid dienone is 16. The van der Waals surface area contributed by atoms with E-state index in [2.05, 4.69) is 106 Å². The van der Waals surface area contributed by atoms with E-state index in [0.29, 0.717) is 19.3 Å². The molecule has 0 rings (SSSR count). The van der Waals surface area contributed by atoms with Crippen molar-refractivity contribution in [1.29, 1.82) is 0 Å². The molecule has 6 nitrogen and oxygen atoms in total. The zero-order valence-electron chi connectivity index (χ0n) is 40.8. The second-order valence-electron chi connectivity index (χ2n) is 16.7. The molecule has 1 unspecified atom stereocenters. The molecule has 0 N–H and O–H groups in total. The van der Waals surface area contributed by atoms with E-state index in [0.717, 1.165) is 70.6 Å². The number of carbonyl (C=O) groups is 3. The average Bonchev–Trinajstić information content (AvgIpc) is 3.28. The number of unbranched alkanes of at least 4 members (excludes halogenated alkanes) is 18.